The van der Waals surface area contributed by atoms with Crippen LogP contribution in [0.1, 0.15) is 44.6 Å². The summed E-state index contributed by atoms with van der Waals surface area (Å²) in [6.07, 6.45) is 7.88. The van der Waals surface area contributed by atoms with Crippen molar-refractivity contribution in [3.8, 4) is 11.5 Å². The highest BCUT2D eigenvalue weighted by Gasteiger charge is 2.17. The van der Waals surface area contributed by atoms with Crippen LogP contribution >= 0.6 is 0 Å². The number of benzene rings is 1. The standard InChI is InChI=1S/C21H28N2O6/c1-3-28-17-11-9-15(13-18(17)27-2)10-12-20(25)29-14-19(24)23-21(26)22-16-7-5-4-6-8-16/h9-13,16H,3-8,14H2,1-2H3,(H2,22,23,24,26)/b12-10+. The molecule has 3 amide bonds. The smallest absolute Gasteiger partial charge is 0.331 e. The SMILES string of the molecule is CCOc1ccc(/C=C/C(=O)OCC(=O)NC(=O)NC2CCCCC2)cc1OC. The number of urea groups is 1. The fourth-order valence-corrected chi connectivity index (χ4v) is 3.04. The molecule has 1 aliphatic carbocycles. The van der Waals surface area contributed by atoms with Crippen molar-refractivity contribution in [3.63, 3.8) is 0 Å². The summed E-state index contributed by atoms with van der Waals surface area (Å²) in [5.74, 6) is -0.216. The van der Waals surface area contributed by atoms with E-state index in [4.69, 9.17) is 14.2 Å². The van der Waals surface area contributed by atoms with E-state index < -0.39 is 24.5 Å². The van der Waals surface area contributed by atoms with E-state index in [-0.39, 0.29) is 6.04 Å². The van der Waals surface area contributed by atoms with Crippen LogP contribution in [-0.2, 0) is 14.3 Å². The largest absolute Gasteiger partial charge is 0.493 e. The number of nitrogens with one attached hydrogen (secondary N) is 2. The number of hydrogen-bond acceptors (Lipinski definition) is 6. The topological polar surface area (TPSA) is 103 Å². The molecule has 158 valence electrons. The van der Waals surface area contributed by atoms with Gasteiger partial charge in [-0.3, -0.25) is 10.1 Å². The molecule has 0 radical (unpaired) electrons. The summed E-state index contributed by atoms with van der Waals surface area (Å²) in [4.78, 5) is 35.3. The van der Waals surface area contributed by atoms with E-state index in [1.807, 2.05) is 6.92 Å². The maximum absolute atomic E-state index is 11.8. The molecule has 8 nitrogen and oxygen atoms in total. The lowest BCUT2D eigenvalue weighted by atomic mass is 9.96. The third-order valence-corrected chi connectivity index (χ3v) is 4.44. The zero-order chi connectivity index (χ0) is 21.1. The number of amides is 3. The maximum Gasteiger partial charge on any atom is 0.331 e. The molecule has 1 fully saturated rings. The number of carbonyl (C=O) groups excluding carboxylic acids is 3. The lowest BCUT2D eigenvalue weighted by Crippen LogP contribution is -2.46. The van der Waals surface area contributed by atoms with Gasteiger partial charge in [-0.05, 0) is 43.5 Å². The van der Waals surface area contributed by atoms with Gasteiger partial charge >= 0.3 is 12.0 Å². The van der Waals surface area contributed by atoms with Crippen LogP contribution in [0.4, 0.5) is 4.79 Å². The predicted molar refractivity (Wildman–Crippen MR) is 108 cm³/mol. The van der Waals surface area contributed by atoms with Crippen molar-refractivity contribution in [2.24, 2.45) is 0 Å². The highest BCUT2D eigenvalue weighted by Crippen LogP contribution is 2.28. The van der Waals surface area contributed by atoms with Gasteiger partial charge in [-0.15, -0.1) is 0 Å². The van der Waals surface area contributed by atoms with Crippen LogP contribution in [-0.4, -0.2) is 44.3 Å². The Morgan fingerprint density at radius 2 is 1.90 bits per heavy atom. The summed E-state index contributed by atoms with van der Waals surface area (Å²) >= 11 is 0. The van der Waals surface area contributed by atoms with Crippen molar-refractivity contribution in [2.75, 3.05) is 20.3 Å². The molecule has 0 spiro atoms. The first-order valence-corrected chi connectivity index (χ1v) is 9.77. The Bertz CT molecular complexity index is 741. The summed E-state index contributed by atoms with van der Waals surface area (Å²) in [5, 5.41) is 4.93. The molecule has 8 heteroatoms. The second-order valence-corrected chi connectivity index (χ2v) is 6.64. The summed E-state index contributed by atoms with van der Waals surface area (Å²) in [6.45, 7) is 1.85. The van der Waals surface area contributed by atoms with Crippen LogP contribution in [0.2, 0.25) is 0 Å². The molecule has 29 heavy (non-hydrogen) atoms. The van der Waals surface area contributed by atoms with Crippen LogP contribution in [0, 0.1) is 0 Å². The average molecular weight is 404 g/mol. The zero-order valence-corrected chi connectivity index (χ0v) is 16.9. The van der Waals surface area contributed by atoms with Gasteiger partial charge in [0.2, 0.25) is 0 Å². The molecule has 1 aliphatic rings. The second kappa shape index (κ2) is 11.7. The average Bonchev–Trinajstić information content (AvgIpc) is 2.72. The highest BCUT2D eigenvalue weighted by atomic mass is 16.5. The van der Waals surface area contributed by atoms with E-state index in [9.17, 15) is 14.4 Å². The van der Waals surface area contributed by atoms with Gasteiger partial charge in [-0.25, -0.2) is 9.59 Å². The van der Waals surface area contributed by atoms with E-state index in [2.05, 4.69) is 10.6 Å². The third kappa shape index (κ3) is 7.85. The summed E-state index contributed by atoms with van der Waals surface area (Å²) in [6, 6.07) is 4.76. The van der Waals surface area contributed by atoms with Crippen molar-refractivity contribution < 1.29 is 28.6 Å². The van der Waals surface area contributed by atoms with E-state index in [1.165, 1.54) is 25.7 Å². The Morgan fingerprint density at radius 1 is 1.14 bits per heavy atom. The van der Waals surface area contributed by atoms with Gasteiger partial charge in [0, 0.05) is 12.1 Å². The van der Waals surface area contributed by atoms with Gasteiger partial charge in [-0.2, -0.15) is 0 Å². The van der Waals surface area contributed by atoms with E-state index in [1.54, 1.807) is 18.2 Å². The number of carbonyl (C=O) groups is 3. The van der Waals surface area contributed by atoms with Crippen LogP contribution in [0.15, 0.2) is 24.3 Å². The quantitative estimate of drug-likeness (QED) is 0.510. The zero-order valence-electron chi connectivity index (χ0n) is 16.9. The van der Waals surface area contributed by atoms with Crippen LogP contribution in [0.25, 0.3) is 6.08 Å². The lowest BCUT2D eigenvalue weighted by molar-refractivity contribution is -0.143. The minimum absolute atomic E-state index is 0.0909. The first-order valence-electron chi connectivity index (χ1n) is 9.77. The van der Waals surface area contributed by atoms with Gasteiger partial charge < -0.3 is 19.5 Å². The Morgan fingerprint density at radius 3 is 2.59 bits per heavy atom. The summed E-state index contributed by atoms with van der Waals surface area (Å²) < 4.78 is 15.5. The fraction of sp³-hybridized carbons (Fsp3) is 0.476. The van der Waals surface area contributed by atoms with Crippen LogP contribution in [0.5, 0.6) is 11.5 Å². The molecule has 0 aromatic heterocycles. The molecular formula is C21H28N2O6. The minimum Gasteiger partial charge on any atom is -0.493 e. The third-order valence-electron chi connectivity index (χ3n) is 4.44. The molecule has 0 unspecified atom stereocenters. The molecule has 1 saturated carbocycles. The van der Waals surface area contributed by atoms with Crippen LogP contribution in [0.3, 0.4) is 0 Å². The normalized spacial score (nSPS) is 14.3. The summed E-state index contributed by atoms with van der Waals surface area (Å²) in [7, 11) is 1.53. The molecule has 2 rings (SSSR count). The molecule has 0 aliphatic heterocycles. The van der Waals surface area contributed by atoms with Crippen molar-refractivity contribution in [3.05, 3.63) is 29.8 Å². The van der Waals surface area contributed by atoms with E-state index in [0.29, 0.717) is 23.7 Å². The van der Waals surface area contributed by atoms with Gasteiger partial charge in [-0.1, -0.05) is 25.3 Å². The fourth-order valence-electron chi connectivity index (χ4n) is 3.04. The van der Waals surface area contributed by atoms with E-state index >= 15 is 0 Å². The highest BCUT2D eigenvalue weighted by molar-refractivity contribution is 5.96. The predicted octanol–water partition coefficient (Wildman–Crippen LogP) is 2.81. The Kier molecular flexibility index (Phi) is 9.01. The van der Waals surface area contributed by atoms with Gasteiger partial charge in [0.15, 0.2) is 18.1 Å². The molecule has 1 aromatic rings. The minimum atomic E-state index is -0.694. The molecule has 0 atom stereocenters. The van der Waals surface area contributed by atoms with Gasteiger partial charge in [0.1, 0.15) is 0 Å². The Labute approximate surface area is 170 Å². The van der Waals surface area contributed by atoms with Crippen molar-refractivity contribution >= 4 is 24.0 Å². The first-order chi connectivity index (χ1) is 14.0. The van der Waals surface area contributed by atoms with Gasteiger partial charge in [0.05, 0.1) is 13.7 Å². The molecule has 0 heterocycles. The van der Waals surface area contributed by atoms with E-state index in [0.717, 1.165) is 25.7 Å². The monoisotopic (exact) mass is 404 g/mol. The van der Waals surface area contributed by atoms with Crippen molar-refractivity contribution in [1.82, 2.24) is 10.6 Å². The molecule has 0 bridgehead atoms. The van der Waals surface area contributed by atoms with Crippen molar-refractivity contribution in [1.29, 1.82) is 0 Å². The summed E-state index contributed by atoms with van der Waals surface area (Å²) in [5.41, 5.74) is 0.707. The Balaban J connectivity index is 1.75. The lowest BCUT2D eigenvalue weighted by Gasteiger charge is -2.22. The molecule has 1 aromatic carbocycles. The number of imide groups is 1. The Hall–Kier alpha value is -3.03. The molecule has 2 N–H and O–H groups in total. The number of methoxy groups -OCH3 is 1. The maximum atomic E-state index is 11.8. The number of rotatable bonds is 8. The van der Waals surface area contributed by atoms with Crippen molar-refractivity contribution in [2.45, 2.75) is 45.1 Å². The number of esters is 1. The molecule has 0 saturated heterocycles. The van der Waals surface area contributed by atoms with Gasteiger partial charge in [0.25, 0.3) is 5.91 Å². The molecular weight excluding hydrogens is 376 g/mol. The number of hydrogen-bond donors (Lipinski definition) is 2. The first kappa shape index (κ1) is 22.3. The number of ether oxygens (including phenoxy) is 3. The van der Waals surface area contributed by atoms with Crippen LogP contribution < -0.4 is 20.1 Å². The second-order valence-electron chi connectivity index (χ2n) is 6.64.